The van der Waals surface area contributed by atoms with Crippen molar-refractivity contribution in [3.05, 3.63) is 29.3 Å². The number of nitrogens with one attached hydrogen (secondary N) is 1. The number of ether oxygens (including phenoxy) is 1. The van der Waals surface area contributed by atoms with E-state index in [0.717, 1.165) is 17.9 Å². The Morgan fingerprint density at radius 3 is 2.52 bits per heavy atom. The second-order valence-electron chi connectivity index (χ2n) is 6.44. The van der Waals surface area contributed by atoms with Gasteiger partial charge in [-0.3, -0.25) is 0 Å². The van der Waals surface area contributed by atoms with Crippen LogP contribution in [-0.2, 0) is 5.41 Å². The van der Waals surface area contributed by atoms with Crippen LogP contribution < -0.4 is 15.8 Å². The summed E-state index contributed by atoms with van der Waals surface area (Å²) < 4.78 is 5.65. The molecule has 1 aromatic carbocycles. The van der Waals surface area contributed by atoms with Crippen molar-refractivity contribution in [3.8, 4) is 5.75 Å². The third-order valence-corrected chi connectivity index (χ3v) is 3.63. The lowest BCUT2D eigenvalue weighted by molar-refractivity contribution is 0.137. The predicted octanol–water partition coefficient (Wildman–Crippen LogP) is 2.35. The third kappa shape index (κ3) is 4.99. The smallest absolute Gasteiger partial charge is 0.125 e. The molecule has 0 aliphatic heterocycles. The average Bonchev–Trinajstić information content (AvgIpc) is 2.43. The van der Waals surface area contributed by atoms with E-state index in [1.165, 1.54) is 5.56 Å². The van der Waals surface area contributed by atoms with Gasteiger partial charge in [-0.25, -0.2) is 0 Å². The van der Waals surface area contributed by atoms with Crippen molar-refractivity contribution >= 4 is 0 Å². The van der Waals surface area contributed by atoms with Crippen LogP contribution in [0.25, 0.3) is 0 Å². The zero-order valence-corrected chi connectivity index (χ0v) is 13.9. The van der Waals surface area contributed by atoms with Crippen LogP contribution in [0, 0.1) is 0 Å². The fraction of sp³-hybridized carbons (Fsp3) is 0.647. The van der Waals surface area contributed by atoms with E-state index in [1.54, 1.807) is 0 Å². The molecule has 0 aliphatic carbocycles. The van der Waals surface area contributed by atoms with E-state index < -0.39 is 6.10 Å². The van der Waals surface area contributed by atoms with Gasteiger partial charge in [0.2, 0.25) is 0 Å². The van der Waals surface area contributed by atoms with Crippen LogP contribution >= 0.6 is 0 Å². The summed E-state index contributed by atoms with van der Waals surface area (Å²) in [6.45, 7) is 9.75. The van der Waals surface area contributed by atoms with Gasteiger partial charge in [0, 0.05) is 11.6 Å². The van der Waals surface area contributed by atoms with Crippen molar-refractivity contribution in [2.24, 2.45) is 5.73 Å². The Balaban J connectivity index is 3.10. The van der Waals surface area contributed by atoms with E-state index in [2.05, 4.69) is 32.2 Å². The number of nitrogens with two attached hydrogens (primary N) is 1. The molecule has 0 fully saturated rings. The highest BCUT2D eigenvalue weighted by Crippen LogP contribution is 2.33. The summed E-state index contributed by atoms with van der Waals surface area (Å²) >= 11 is 0. The highest BCUT2D eigenvalue weighted by Gasteiger charge is 2.23. The lowest BCUT2D eigenvalue weighted by Gasteiger charge is -2.25. The lowest BCUT2D eigenvalue weighted by atomic mass is 9.84. The van der Waals surface area contributed by atoms with E-state index in [9.17, 15) is 5.11 Å². The van der Waals surface area contributed by atoms with Gasteiger partial charge in [-0.2, -0.15) is 0 Å². The van der Waals surface area contributed by atoms with Crippen LogP contribution in [0.3, 0.4) is 0 Å². The van der Waals surface area contributed by atoms with Crippen LogP contribution in [0.2, 0.25) is 0 Å². The van der Waals surface area contributed by atoms with Crippen LogP contribution in [0.4, 0.5) is 0 Å². The molecule has 0 radical (unpaired) electrons. The number of benzene rings is 1. The van der Waals surface area contributed by atoms with E-state index in [1.807, 2.05) is 26.1 Å². The highest BCUT2D eigenvalue weighted by atomic mass is 16.5. The molecule has 2 unspecified atom stereocenters. The summed E-state index contributed by atoms with van der Waals surface area (Å²) in [5, 5.41) is 13.6. The number of hydrogen-bond acceptors (Lipinski definition) is 4. The molecule has 0 saturated heterocycles. The standard InChI is InChI=1S/C17H30N2O2/c1-6-21-15-8-7-12(17(2,3)4)11-13(15)16(20)14(18)9-10-19-5/h7-8,11,14,16,19-20H,6,9-10,18H2,1-5H3. The molecule has 0 amide bonds. The molecule has 0 saturated carbocycles. The third-order valence-electron chi connectivity index (χ3n) is 3.63. The minimum atomic E-state index is -0.720. The molecular formula is C17H30N2O2. The summed E-state index contributed by atoms with van der Waals surface area (Å²) in [5.74, 6) is 0.720. The zero-order chi connectivity index (χ0) is 16.0. The Labute approximate surface area is 128 Å². The summed E-state index contributed by atoms with van der Waals surface area (Å²) in [6, 6.07) is 5.70. The molecule has 0 spiro atoms. The first kappa shape index (κ1) is 18.0. The highest BCUT2D eigenvalue weighted by molar-refractivity contribution is 5.41. The molecule has 21 heavy (non-hydrogen) atoms. The molecule has 0 heterocycles. The first-order valence-electron chi connectivity index (χ1n) is 7.66. The summed E-state index contributed by atoms with van der Waals surface area (Å²) in [5.41, 5.74) is 8.09. The molecule has 4 N–H and O–H groups in total. The van der Waals surface area contributed by atoms with Gasteiger partial charge < -0.3 is 20.9 Å². The maximum atomic E-state index is 10.6. The predicted molar refractivity (Wildman–Crippen MR) is 87.8 cm³/mol. The molecule has 4 nitrogen and oxygen atoms in total. The summed E-state index contributed by atoms with van der Waals surface area (Å²) in [6.07, 6.45) is -0.00890. The first-order valence-corrected chi connectivity index (χ1v) is 7.66. The Hall–Kier alpha value is -1.10. The minimum Gasteiger partial charge on any atom is -0.493 e. The van der Waals surface area contributed by atoms with Gasteiger partial charge in [-0.05, 0) is 50.0 Å². The van der Waals surface area contributed by atoms with Crippen molar-refractivity contribution < 1.29 is 9.84 Å². The second kappa shape index (κ2) is 7.78. The zero-order valence-electron chi connectivity index (χ0n) is 13.9. The van der Waals surface area contributed by atoms with E-state index >= 15 is 0 Å². The van der Waals surface area contributed by atoms with Crippen molar-refractivity contribution in [1.82, 2.24) is 5.32 Å². The largest absolute Gasteiger partial charge is 0.493 e. The van der Waals surface area contributed by atoms with E-state index in [4.69, 9.17) is 10.5 Å². The van der Waals surface area contributed by atoms with E-state index in [0.29, 0.717) is 13.0 Å². The molecule has 120 valence electrons. The van der Waals surface area contributed by atoms with Crippen molar-refractivity contribution in [1.29, 1.82) is 0 Å². The van der Waals surface area contributed by atoms with Gasteiger partial charge >= 0.3 is 0 Å². The fourth-order valence-electron chi connectivity index (χ4n) is 2.23. The Morgan fingerprint density at radius 1 is 1.33 bits per heavy atom. The first-order chi connectivity index (χ1) is 9.81. The van der Waals surface area contributed by atoms with Gasteiger partial charge in [0.25, 0.3) is 0 Å². The molecule has 2 atom stereocenters. The molecule has 1 aromatic rings. The molecule has 0 bridgehead atoms. The van der Waals surface area contributed by atoms with Gasteiger partial charge in [-0.1, -0.05) is 26.8 Å². The van der Waals surface area contributed by atoms with Gasteiger partial charge in [0.1, 0.15) is 5.75 Å². The number of aliphatic hydroxyl groups is 1. The summed E-state index contributed by atoms with van der Waals surface area (Å²) in [7, 11) is 1.88. The van der Waals surface area contributed by atoms with Crippen LogP contribution in [-0.4, -0.2) is 31.3 Å². The monoisotopic (exact) mass is 294 g/mol. The Morgan fingerprint density at radius 2 is 2.00 bits per heavy atom. The van der Waals surface area contributed by atoms with Crippen LogP contribution in [0.15, 0.2) is 18.2 Å². The Bertz CT molecular complexity index is 441. The maximum Gasteiger partial charge on any atom is 0.125 e. The number of rotatable bonds is 7. The normalized spacial score (nSPS) is 14.8. The number of hydrogen-bond donors (Lipinski definition) is 3. The van der Waals surface area contributed by atoms with Gasteiger partial charge in [0.15, 0.2) is 0 Å². The number of aliphatic hydroxyl groups excluding tert-OH is 1. The topological polar surface area (TPSA) is 67.5 Å². The summed E-state index contributed by atoms with van der Waals surface area (Å²) in [4.78, 5) is 0. The van der Waals surface area contributed by atoms with Crippen molar-refractivity contribution in [3.63, 3.8) is 0 Å². The maximum absolute atomic E-state index is 10.6. The van der Waals surface area contributed by atoms with Crippen molar-refractivity contribution in [2.45, 2.75) is 51.7 Å². The SMILES string of the molecule is CCOc1ccc(C(C)(C)C)cc1C(O)C(N)CCNC. The molecule has 0 aromatic heterocycles. The molecule has 1 rings (SSSR count). The van der Waals surface area contributed by atoms with Crippen LogP contribution in [0.5, 0.6) is 5.75 Å². The second-order valence-corrected chi connectivity index (χ2v) is 6.44. The van der Waals surface area contributed by atoms with Crippen LogP contribution in [0.1, 0.15) is 51.3 Å². The van der Waals surface area contributed by atoms with E-state index in [-0.39, 0.29) is 11.5 Å². The van der Waals surface area contributed by atoms with Crippen molar-refractivity contribution in [2.75, 3.05) is 20.2 Å². The molecule has 4 heteroatoms. The fourth-order valence-corrected chi connectivity index (χ4v) is 2.23. The average molecular weight is 294 g/mol. The van der Waals surface area contributed by atoms with Gasteiger partial charge in [0.05, 0.1) is 12.7 Å². The Kier molecular flexibility index (Phi) is 6.65. The lowest BCUT2D eigenvalue weighted by Crippen LogP contribution is -2.32. The molecular weight excluding hydrogens is 264 g/mol. The van der Waals surface area contributed by atoms with Gasteiger partial charge in [-0.15, -0.1) is 0 Å². The molecule has 0 aliphatic rings. The quantitative estimate of drug-likeness (QED) is 0.722. The minimum absolute atomic E-state index is 0.0221.